The first-order valence-corrected chi connectivity index (χ1v) is 12.3. The fraction of sp³-hybridized carbons (Fsp3) is 0.478. The lowest BCUT2D eigenvalue weighted by Crippen LogP contribution is -2.46. The molecule has 2 aromatic rings. The van der Waals surface area contributed by atoms with Crippen LogP contribution in [0.3, 0.4) is 0 Å². The predicted octanol–water partition coefficient (Wildman–Crippen LogP) is 4.15. The molecule has 3 rings (SSSR count). The number of pyridine rings is 1. The molecule has 3 unspecified atom stereocenters. The zero-order chi connectivity index (χ0) is 22.1. The Kier molecular flexibility index (Phi) is 8.82. The van der Waals surface area contributed by atoms with E-state index < -0.39 is 10.8 Å². The maximum Gasteiger partial charge on any atom is 0.219 e. The highest BCUT2D eigenvalue weighted by atomic mass is 32.2. The summed E-state index contributed by atoms with van der Waals surface area (Å²) in [5, 5.41) is 7.08. The Morgan fingerprint density at radius 3 is 2.71 bits per heavy atom. The van der Waals surface area contributed by atoms with Gasteiger partial charge >= 0.3 is 0 Å². The van der Waals surface area contributed by atoms with E-state index in [1.807, 2.05) is 19.9 Å². The topological polar surface area (TPSA) is 75.6 Å². The summed E-state index contributed by atoms with van der Waals surface area (Å²) in [6.45, 7) is 5.28. The number of nitrogens with one attached hydrogen (secondary N) is 2. The van der Waals surface area contributed by atoms with Crippen molar-refractivity contribution in [1.82, 2.24) is 15.6 Å². The fourth-order valence-corrected chi connectivity index (χ4v) is 4.97. The molecule has 0 spiro atoms. The van der Waals surface area contributed by atoms with Crippen LogP contribution in [0, 0.1) is 5.82 Å². The number of rotatable bonds is 8. The van der Waals surface area contributed by atoms with Gasteiger partial charge in [-0.05, 0) is 56.0 Å². The Bertz CT molecular complexity index is 874. The van der Waals surface area contributed by atoms with E-state index in [4.69, 9.17) is 4.74 Å². The second-order valence-electron chi connectivity index (χ2n) is 7.56. The summed E-state index contributed by atoms with van der Waals surface area (Å²) in [4.78, 5) is 9.00. The van der Waals surface area contributed by atoms with Crippen LogP contribution in [0.1, 0.15) is 45.1 Å². The normalized spacial score (nSPS) is 20.2. The van der Waals surface area contributed by atoms with Crippen molar-refractivity contribution in [2.75, 3.05) is 12.3 Å². The standard InChI is InChI=1S/C23H31FN4O2S/c1-3-25-23(28-19-6-5-7-21(14-19)31(29)4-2)27-16-17-8-13-22(26-15-17)30-20-11-9-18(24)10-12-20/h8-13,15,19,21H,3-7,14,16H2,1-2H3,(H2,25,27,28). The first-order chi connectivity index (χ1) is 15.1. The van der Waals surface area contributed by atoms with Crippen molar-refractivity contribution < 1.29 is 13.3 Å². The number of hydrogen-bond donors (Lipinski definition) is 2. The van der Waals surface area contributed by atoms with Crippen LogP contribution in [0.2, 0.25) is 0 Å². The molecule has 31 heavy (non-hydrogen) atoms. The Morgan fingerprint density at radius 1 is 1.23 bits per heavy atom. The minimum atomic E-state index is -0.744. The predicted molar refractivity (Wildman–Crippen MR) is 123 cm³/mol. The van der Waals surface area contributed by atoms with E-state index >= 15 is 0 Å². The molecule has 0 amide bonds. The molecule has 1 fully saturated rings. The molecule has 0 saturated heterocycles. The van der Waals surface area contributed by atoms with E-state index in [2.05, 4.69) is 20.6 Å². The Labute approximate surface area is 186 Å². The average molecular weight is 447 g/mol. The van der Waals surface area contributed by atoms with E-state index in [1.54, 1.807) is 24.4 Å². The summed E-state index contributed by atoms with van der Waals surface area (Å²) in [6.07, 6.45) is 5.85. The summed E-state index contributed by atoms with van der Waals surface area (Å²) >= 11 is 0. The lowest BCUT2D eigenvalue weighted by Gasteiger charge is -2.30. The fourth-order valence-electron chi connectivity index (χ4n) is 3.62. The summed E-state index contributed by atoms with van der Waals surface area (Å²) in [6, 6.07) is 9.81. The van der Waals surface area contributed by atoms with Gasteiger partial charge in [0, 0.05) is 46.7 Å². The molecular weight excluding hydrogens is 415 g/mol. The Hall–Kier alpha value is -2.48. The number of benzene rings is 1. The van der Waals surface area contributed by atoms with Crippen molar-refractivity contribution in [1.29, 1.82) is 0 Å². The molecule has 2 N–H and O–H groups in total. The minimum absolute atomic E-state index is 0.275. The van der Waals surface area contributed by atoms with Crippen molar-refractivity contribution in [2.24, 2.45) is 4.99 Å². The number of aliphatic imine (C=N–C) groups is 1. The van der Waals surface area contributed by atoms with Crippen LogP contribution in [-0.4, -0.2) is 38.7 Å². The lowest BCUT2D eigenvalue weighted by molar-refractivity contribution is 0.413. The van der Waals surface area contributed by atoms with Gasteiger partial charge in [-0.3, -0.25) is 4.21 Å². The van der Waals surface area contributed by atoms with Gasteiger partial charge in [-0.25, -0.2) is 14.4 Å². The summed E-state index contributed by atoms with van der Waals surface area (Å²) in [5.41, 5.74) is 0.956. The van der Waals surface area contributed by atoms with Gasteiger partial charge in [0.05, 0.1) is 6.54 Å². The molecule has 168 valence electrons. The second kappa shape index (κ2) is 11.8. The van der Waals surface area contributed by atoms with Crippen LogP contribution in [0.25, 0.3) is 0 Å². The third kappa shape index (κ3) is 7.31. The minimum Gasteiger partial charge on any atom is -0.439 e. The van der Waals surface area contributed by atoms with Gasteiger partial charge in [0.1, 0.15) is 11.6 Å². The highest BCUT2D eigenvalue weighted by Gasteiger charge is 2.26. The molecule has 6 nitrogen and oxygen atoms in total. The Morgan fingerprint density at radius 2 is 2.03 bits per heavy atom. The van der Waals surface area contributed by atoms with Crippen LogP contribution in [-0.2, 0) is 17.3 Å². The number of halogens is 1. The van der Waals surface area contributed by atoms with E-state index in [9.17, 15) is 8.60 Å². The first kappa shape index (κ1) is 23.2. The number of hydrogen-bond acceptors (Lipinski definition) is 4. The average Bonchev–Trinajstić information content (AvgIpc) is 2.80. The van der Waals surface area contributed by atoms with E-state index in [0.29, 0.717) is 18.2 Å². The summed E-state index contributed by atoms with van der Waals surface area (Å²) < 4.78 is 30.8. The van der Waals surface area contributed by atoms with Gasteiger partial charge in [-0.2, -0.15) is 0 Å². The third-order valence-electron chi connectivity index (χ3n) is 5.22. The van der Waals surface area contributed by atoms with Crippen molar-refractivity contribution in [3.05, 3.63) is 54.0 Å². The van der Waals surface area contributed by atoms with Crippen LogP contribution in [0.4, 0.5) is 4.39 Å². The number of guanidine groups is 1. The van der Waals surface area contributed by atoms with Crippen LogP contribution < -0.4 is 15.4 Å². The highest BCUT2D eigenvalue weighted by Crippen LogP contribution is 2.23. The maximum absolute atomic E-state index is 13.0. The third-order valence-corrected chi connectivity index (χ3v) is 6.96. The molecule has 1 aromatic carbocycles. The molecule has 1 aromatic heterocycles. The van der Waals surface area contributed by atoms with Gasteiger partial charge in [0.25, 0.3) is 0 Å². The van der Waals surface area contributed by atoms with E-state index in [1.165, 1.54) is 12.1 Å². The molecule has 1 aliphatic carbocycles. The summed E-state index contributed by atoms with van der Waals surface area (Å²) in [7, 11) is -0.744. The van der Waals surface area contributed by atoms with Crippen LogP contribution in [0.5, 0.6) is 11.6 Å². The largest absolute Gasteiger partial charge is 0.439 e. The molecule has 3 atom stereocenters. The molecule has 1 aliphatic rings. The SMILES string of the molecule is CCNC(=NCc1ccc(Oc2ccc(F)cc2)nc1)NC1CCCC(S(=O)CC)C1. The second-order valence-corrected chi connectivity index (χ2v) is 9.56. The molecule has 0 radical (unpaired) electrons. The molecule has 0 aliphatic heterocycles. The van der Waals surface area contributed by atoms with Crippen molar-refractivity contribution in [3.8, 4) is 11.6 Å². The molecule has 8 heteroatoms. The smallest absolute Gasteiger partial charge is 0.219 e. The maximum atomic E-state index is 13.0. The zero-order valence-corrected chi connectivity index (χ0v) is 19.0. The van der Waals surface area contributed by atoms with Crippen molar-refractivity contribution >= 4 is 16.8 Å². The number of nitrogens with zero attached hydrogens (tertiary/aromatic N) is 2. The molecular formula is C23H31FN4O2S. The quantitative estimate of drug-likeness (QED) is 0.471. The van der Waals surface area contributed by atoms with E-state index in [-0.39, 0.29) is 17.1 Å². The van der Waals surface area contributed by atoms with Crippen molar-refractivity contribution in [2.45, 2.75) is 57.4 Å². The van der Waals surface area contributed by atoms with Crippen LogP contribution in [0.15, 0.2) is 47.6 Å². The lowest BCUT2D eigenvalue weighted by atomic mass is 9.95. The van der Waals surface area contributed by atoms with Gasteiger partial charge < -0.3 is 15.4 Å². The molecule has 1 heterocycles. The van der Waals surface area contributed by atoms with Gasteiger partial charge in [-0.15, -0.1) is 0 Å². The monoisotopic (exact) mass is 446 g/mol. The van der Waals surface area contributed by atoms with E-state index in [0.717, 1.165) is 49.5 Å². The van der Waals surface area contributed by atoms with Crippen molar-refractivity contribution in [3.63, 3.8) is 0 Å². The number of aromatic nitrogens is 1. The van der Waals surface area contributed by atoms with Crippen LogP contribution >= 0.6 is 0 Å². The van der Waals surface area contributed by atoms with Gasteiger partial charge in [-0.1, -0.05) is 19.4 Å². The first-order valence-electron chi connectivity index (χ1n) is 10.9. The summed E-state index contributed by atoms with van der Waals surface area (Å²) in [5.74, 6) is 2.16. The highest BCUT2D eigenvalue weighted by molar-refractivity contribution is 7.85. The molecule has 1 saturated carbocycles. The molecule has 0 bridgehead atoms. The van der Waals surface area contributed by atoms with Gasteiger partial charge in [0.2, 0.25) is 5.88 Å². The number of ether oxygens (including phenoxy) is 1. The Balaban J connectivity index is 1.57. The van der Waals surface area contributed by atoms with Gasteiger partial charge in [0.15, 0.2) is 5.96 Å². The zero-order valence-electron chi connectivity index (χ0n) is 18.1.